The molecule has 3 heteroatoms. The number of nitrogens with zero attached hydrogens (tertiary/aromatic N) is 1. The molecule has 1 nitrogen and oxygen atoms in total. The summed E-state index contributed by atoms with van der Waals surface area (Å²) < 4.78 is 0.974. The van der Waals surface area contributed by atoms with Gasteiger partial charge in [-0.15, -0.1) is 0 Å². The van der Waals surface area contributed by atoms with Gasteiger partial charge in [0.25, 0.3) is 0 Å². The molecule has 0 aromatic rings. The number of hydrogen-bond donors (Lipinski definition) is 0. The monoisotopic (exact) mass is 231 g/mol. The van der Waals surface area contributed by atoms with Crippen LogP contribution in [0.3, 0.4) is 0 Å². The van der Waals surface area contributed by atoms with Gasteiger partial charge >= 0.3 is 0 Å². The summed E-state index contributed by atoms with van der Waals surface area (Å²) in [5.41, 5.74) is 0. The summed E-state index contributed by atoms with van der Waals surface area (Å²) >= 11 is 6.88. The fourth-order valence-corrected chi connectivity index (χ4v) is 2.00. The highest BCUT2D eigenvalue weighted by Crippen LogP contribution is 2.12. The zero-order valence-electron chi connectivity index (χ0n) is 9.29. The molecule has 0 heterocycles. The van der Waals surface area contributed by atoms with E-state index < -0.39 is 0 Å². The highest BCUT2D eigenvalue weighted by atomic mass is 32.2. The first-order valence-corrected chi connectivity index (χ1v) is 6.61. The van der Waals surface area contributed by atoms with Crippen molar-refractivity contribution in [3.05, 3.63) is 12.0 Å². The van der Waals surface area contributed by atoms with Gasteiger partial charge in [-0.3, -0.25) is 0 Å². The lowest BCUT2D eigenvalue weighted by Gasteiger charge is -2.23. The van der Waals surface area contributed by atoms with Crippen molar-refractivity contribution in [1.29, 1.82) is 0 Å². The van der Waals surface area contributed by atoms with Crippen LogP contribution in [0, 0.1) is 0 Å². The quantitative estimate of drug-likeness (QED) is 0.609. The smallest absolute Gasteiger partial charge is 0.140 e. The van der Waals surface area contributed by atoms with Gasteiger partial charge in [-0.05, 0) is 18.2 Å². The molecule has 0 amide bonds. The van der Waals surface area contributed by atoms with E-state index in [-0.39, 0.29) is 0 Å². The van der Waals surface area contributed by atoms with Crippen molar-refractivity contribution in [2.75, 3.05) is 13.1 Å². The van der Waals surface area contributed by atoms with Crippen LogP contribution in [0.2, 0.25) is 0 Å². The van der Waals surface area contributed by atoms with Crippen molar-refractivity contribution < 1.29 is 0 Å². The molecule has 0 spiro atoms. The normalized spacial score (nSPS) is 9.86. The average molecular weight is 231 g/mol. The van der Waals surface area contributed by atoms with E-state index in [0.29, 0.717) is 0 Å². The lowest BCUT2D eigenvalue weighted by atomic mass is 10.3. The standard InChI is InChI=1S/C11H21NS2/c1-4-7-9-12(10-8-5-2)11(13)14-6-3/h6H,3-5,7-10H2,1-2H3. The fraction of sp³-hybridized carbons (Fsp3) is 0.727. The largest absolute Gasteiger partial charge is 0.357 e. The molecule has 0 aromatic carbocycles. The van der Waals surface area contributed by atoms with Crippen LogP contribution in [-0.4, -0.2) is 22.3 Å². The average Bonchev–Trinajstić information content (AvgIpc) is 2.18. The number of unbranched alkanes of at least 4 members (excludes halogenated alkanes) is 2. The summed E-state index contributed by atoms with van der Waals surface area (Å²) in [5, 5.41) is 1.81. The first-order chi connectivity index (χ1) is 6.76. The van der Waals surface area contributed by atoms with E-state index >= 15 is 0 Å². The Hall–Kier alpha value is -0.0200. The molecule has 0 saturated heterocycles. The molecule has 0 N–H and O–H groups in total. The van der Waals surface area contributed by atoms with Gasteiger partial charge in [-0.25, -0.2) is 0 Å². The maximum absolute atomic E-state index is 5.32. The SMILES string of the molecule is C=CSC(=S)N(CCCC)CCCC. The second-order valence-electron chi connectivity index (χ2n) is 3.24. The fourth-order valence-electron chi connectivity index (χ4n) is 1.14. The van der Waals surface area contributed by atoms with Gasteiger partial charge in [-0.2, -0.15) is 0 Å². The second kappa shape index (κ2) is 9.53. The van der Waals surface area contributed by atoms with Crippen LogP contribution in [0.5, 0.6) is 0 Å². The Bertz CT molecular complexity index is 161. The Morgan fingerprint density at radius 2 is 1.79 bits per heavy atom. The highest BCUT2D eigenvalue weighted by molar-refractivity contribution is 8.24. The van der Waals surface area contributed by atoms with Gasteiger partial charge in [0.2, 0.25) is 0 Å². The van der Waals surface area contributed by atoms with Gasteiger partial charge in [-0.1, -0.05) is 57.2 Å². The second-order valence-corrected chi connectivity index (χ2v) is 4.85. The van der Waals surface area contributed by atoms with Crippen LogP contribution in [0.4, 0.5) is 0 Å². The van der Waals surface area contributed by atoms with Gasteiger partial charge in [0.15, 0.2) is 0 Å². The summed E-state index contributed by atoms with van der Waals surface area (Å²) in [6.45, 7) is 10.3. The molecule has 0 aliphatic heterocycles. The number of thioether (sulfide) groups is 1. The zero-order valence-corrected chi connectivity index (χ0v) is 10.9. The minimum Gasteiger partial charge on any atom is -0.357 e. The summed E-state index contributed by atoms with van der Waals surface area (Å²) in [6, 6.07) is 0. The molecule has 0 saturated carbocycles. The topological polar surface area (TPSA) is 3.24 Å². The molecular weight excluding hydrogens is 210 g/mol. The molecule has 14 heavy (non-hydrogen) atoms. The van der Waals surface area contributed by atoms with E-state index in [1.165, 1.54) is 25.7 Å². The maximum atomic E-state index is 5.32. The zero-order chi connectivity index (χ0) is 10.8. The molecule has 0 fully saturated rings. The molecule has 0 radical (unpaired) electrons. The minimum atomic E-state index is 0.974. The van der Waals surface area contributed by atoms with Crippen molar-refractivity contribution in [2.24, 2.45) is 0 Å². The van der Waals surface area contributed by atoms with E-state index in [4.69, 9.17) is 12.2 Å². The highest BCUT2D eigenvalue weighted by Gasteiger charge is 2.07. The third-order valence-corrected chi connectivity index (χ3v) is 3.18. The Morgan fingerprint density at radius 1 is 1.29 bits per heavy atom. The van der Waals surface area contributed by atoms with Gasteiger partial charge in [0.1, 0.15) is 4.32 Å². The molecular formula is C11H21NS2. The van der Waals surface area contributed by atoms with Crippen molar-refractivity contribution in [3.63, 3.8) is 0 Å². The number of rotatable bonds is 7. The van der Waals surface area contributed by atoms with Crippen molar-refractivity contribution in [1.82, 2.24) is 4.90 Å². The molecule has 0 aliphatic rings. The van der Waals surface area contributed by atoms with Crippen molar-refractivity contribution in [3.8, 4) is 0 Å². The van der Waals surface area contributed by atoms with Gasteiger partial charge in [0.05, 0.1) is 0 Å². The van der Waals surface area contributed by atoms with Crippen LogP contribution < -0.4 is 0 Å². The Labute approximate surface area is 97.9 Å². The molecule has 0 rings (SSSR count). The van der Waals surface area contributed by atoms with Crippen LogP contribution in [-0.2, 0) is 0 Å². The predicted octanol–water partition coefficient (Wildman–Crippen LogP) is 4.05. The Kier molecular flexibility index (Phi) is 9.52. The molecule has 0 aliphatic carbocycles. The van der Waals surface area contributed by atoms with Gasteiger partial charge < -0.3 is 4.90 Å². The lowest BCUT2D eigenvalue weighted by Crippen LogP contribution is -2.29. The molecule has 0 atom stereocenters. The first kappa shape index (κ1) is 14.0. The predicted molar refractivity (Wildman–Crippen MR) is 71.8 cm³/mol. The summed E-state index contributed by atoms with van der Waals surface area (Å²) in [4.78, 5) is 2.30. The summed E-state index contributed by atoms with van der Waals surface area (Å²) in [7, 11) is 0. The van der Waals surface area contributed by atoms with E-state index in [9.17, 15) is 0 Å². The molecule has 0 bridgehead atoms. The molecule has 0 unspecified atom stereocenters. The summed E-state index contributed by atoms with van der Waals surface area (Å²) in [6.07, 6.45) is 4.90. The third-order valence-electron chi connectivity index (χ3n) is 2.01. The van der Waals surface area contributed by atoms with E-state index in [2.05, 4.69) is 25.3 Å². The van der Waals surface area contributed by atoms with Crippen LogP contribution in [0.15, 0.2) is 12.0 Å². The van der Waals surface area contributed by atoms with Crippen LogP contribution >= 0.6 is 24.0 Å². The summed E-state index contributed by atoms with van der Waals surface area (Å²) in [5.74, 6) is 0. The number of thiocarbonyl (C=S) groups is 1. The molecule has 0 aromatic heterocycles. The minimum absolute atomic E-state index is 0.974. The van der Waals surface area contributed by atoms with Gasteiger partial charge in [0, 0.05) is 13.1 Å². The first-order valence-electron chi connectivity index (χ1n) is 5.32. The van der Waals surface area contributed by atoms with Crippen molar-refractivity contribution >= 4 is 28.3 Å². The Balaban J connectivity index is 3.93. The van der Waals surface area contributed by atoms with Crippen molar-refractivity contribution in [2.45, 2.75) is 39.5 Å². The number of hydrogen-bond acceptors (Lipinski definition) is 2. The van der Waals surface area contributed by atoms with E-state index in [1.807, 2.05) is 5.41 Å². The van der Waals surface area contributed by atoms with Crippen LogP contribution in [0.25, 0.3) is 0 Å². The van der Waals surface area contributed by atoms with E-state index in [0.717, 1.165) is 17.4 Å². The lowest BCUT2D eigenvalue weighted by molar-refractivity contribution is 0.411. The maximum Gasteiger partial charge on any atom is 0.140 e. The van der Waals surface area contributed by atoms with Crippen LogP contribution in [0.1, 0.15) is 39.5 Å². The third kappa shape index (κ3) is 6.44. The Morgan fingerprint density at radius 3 is 2.14 bits per heavy atom. The van der Waals surface area contributed by atoms with E-state index in [1.54, 1.807) is 11.8 Å². The molecule has 82 valence electrons.